The minimum atomic E-state index is -0.510. The standard InChI is InChI=1S/C18H16ClN3O3/c1-21(2)17(23)14-15(25-3)13-8-5-9-20-16(13)22(18(14)24)12-7-4-6-11(19)10-12/h4-10H,1-3H3. The lowest BCUT2D eigenvalue weighted by atomic mass is 10.1. The maximum Gasteiger partial charge on any atom is 0.273 e. The maximum absolute atomic E-state index is 13.2. The third-order valence-electron chi connectivity index (χ3n) is 3.78. The van der Waals surface area contributed by atoms with Gasteiger partial charge in [-0.3, -0.25) is 14.2 Å². The van der Waals surface area contributed by atoms with E-state index < -0.39 is 11.5 Å². The second-order valence-corrected chi connectivity index (χ2v) is 6.04. The molecule has 6 nitrogen and oxygen atoms in total. The number of benzene rings is 1. The highest BCUT2D eigenvalue weighted by Gasteiger charge is 2.25. The van der Waals surface area contributed by atoms with Gasteiger partial charge >= 0.3 is 0 Å². The number of rotatable bonds is 3. The largest absolute Gasteiger partial charge is 0.495 e. The molecule has 3 rings (SSSR count). The third kappa shape index (κ3) is 2.85. The van der Waals surface area contributed by atoms with Crippen molar-refractivity contribution in [3.63, 3.8) is 0 Å². The number of nitrogens with zero attached hydrogens (tertiary/aromatic N) is 3. The SMILES string of the molecule is COc1c(C(=O)N(C)C)c(=O)n(-c2cccc(Cl)c2)c2ncccc12. The van der Waals surface area contributed by atoms with Crippen molar-refractivity contribution in [1.82, 2.24) is 14.5 Å². The topological polar surface area (TPSA) is 64.4 Å². The first-order valence-electron chi connectivity index (χ1n) is 7.51. The van der Waals surface area contributed by atoms with Crippen molar-refractivity contribution in [2.75, 3.05) is 21.2 Å². The number of hydrogen-bond donors (Lipinski definition) is 0. The molecule has 0 radical (unpaired) electrons. The average Bonchev–Trinajstić information content (AvgIpc) is 2.59. The van der Waals surface area contributed by atoms with Crippen LogP contribution in [0.15, 0.2) is 47.4 Å². The first-order valence-corrected chi connectivity index (χ1v) is 7.88. The summed E-state index contributed by atoms with van der Waals surface area (Å²) in [5, 5.41) is 1.04. The van der Waals surface area contributed by atoms with E-state index >= 15 is 0 Å². The lowest BCUT2D eigenvalue weighted by molar-refractivity contribution is 0.0822. The molecule has 3 aromatic rings. The zero-order chi connectivity index (χ0) is 18.1. The van der Waals surface area contributed by atoms with Crippen molar-refractivity contribution >= 4 is 28.5 Å². The Morgan fingerprint density at radius 3 is 2.64 bits per heavy atom. The van der Waals surface area contributed by atoms with Crippen LogP contribution in [0.4, 0.5) is 0 Å². The minimum absolute atomic E-state index is 0.0482. The van der Waals surface area contributed by atoms with Gasteiger partial charge in [0.05, 0.1) is 18.2 Å². The molecule has 0 N–H and O–H groups in total. The van der Waals surface area contributed by atoms with Gasteiger partial charge in [-0.1, -0.05) is 17.7 Å². The van der Waals surface area contributed by atoms with Crippen LogP contribution >= 0.6 is 11.6 Å². The van der Waals surface area contributed by atoms with Crippen LogP contribution in [0, 0.1) is 0 Å². The van der Waals surface area contributed by atoms with Gasteiger partial charge in [-0.2, -0.15) is 0 Å². The summed E-state index contributed by atoms with van der Waals surface area (Å²) in [5.41, 5.74) is 0.357. The molecule has 0 atom stereocenters. The second-order valence-electron chi connectivity index (χ2n) is 5.60. The molecule has 0 saturated heterocycles. The number of carbonyl (C=O) groups excluding carboxylic acids is 1. The number of carbonyl (C=O) groups is 1. The highest BCUT2D eigenvalue weighted by Crippen LogP contribution is 2.28. The number of amides is 1. The summed E-state index contributed by atoms with van der Waals surface area (Å²) in [4.78, 5) is 31.5. The predicted molar refractivity (Wildman–Crippen MR) is 96.9 cm³/mol. The van der Waals surface area contributed by atoms with E-state index in [4.69, 9.17) is 16.3 Å². The van der Waals surface area contributed by atoms with Crippen molar-refractivity contribution in [2.24, 2.45) is 0 Å². The Balaban J connectivity index is 2.51. The Kier molecular flexibility index (Phi) is 4.46. The van der Waals surface area contributed by atoms with Crippen LogP contribution in [0.2, 0.25) is 5.02 Å². The molecule has 0 spiro atoms. The number of pyridine rings is 2. The van der Waals surface area contributed by atoms with E-state index in [9.17, 15) is 9.59 Å². The fourth-order valence-corrected chi connectivity index (χ4v) is 2.86. The van der Waals surface area contributed by atoms with E-state index in [1.54, 1.807) is 56.7 Å². The summed E-state index contributed by atoms with van der Waals surface area (Å²) in [6.45, 7) is 0. The molecule has 2 heterocycles. The van der Waals surface area contributed by atoms with Crippen LogP contribution in [0.1, 0.15) is 10.4 Å². The lowest BCUT2D eigenvalue weighted by Gasteiger charge is -2.18. The average molecular weight is 358 g/mol. The van der Waals surface area contributed by atoms with Crippen LogP contribution in [0.3, 0.4) is 0 Å². The molecular formula is C18H16ClN3O3. The first-order chi connectivity index (χ1) is 12.0. The Morgan fingerprint density at radius 2 is 2.00 bits per heavy atom. The second kappa shape index (κ2) is 6.57. The fourth-order valence-electron chi connectivity index (χ4n) is 2.67. The van der Waals surface area contributed by atoms with E-state index in [0.29, 0.717) is 21.7 Å². The highest BCUT2D eigenvalue weighted by molar-refractivity contribution is 6.30. The number of halogens is 1. The highest BCUT2D eigenvalue weighted by atomic mass is 35.5. The van der Waals surface area contributed by atoms with Gasteiger partial charge in [0.2, 0.25) is 0 Å². The maximum atomic E-state index is 13.2. The Hall–Kier alpha value is -2.86. The molecule has 25 heavy (non-hydrogen) atoms. The molecule has 0 aliphatic heterocycles. The molecule has 2 aromatic heterocycles. The summed E-state index contributed by atoms with van der Waals surface area (Å²) in [7, 11) is 4.59. The lowest BCUT2D eigenvalue weighted by Crippen LogP contribution is -2.33. The monoisotopic (exact) mass is 357 g/mol. The van der Waals surface area contributed by atoms with Gasteiger partial charge in [0.15, 0.2) is 5.65 Å². The zero-order valence-electron chi connectivity index (χ0n) is 14.0. The number of hydrogen-bond acceptors (Lipinski definition) is 4. The van der Waals surface area contributed by atoms with E-state index in [1.165, 1.54) is 16.6 Å². The molecule has 0 bridgehead atoms. The van der Waals surface area contributed by atoms with Gasteiger partial charge in [0.25, 0.3) is 11.5 Å². The Morgan fingerprint density at radius 1 is 1.24 bits per heavy atom. The summed E-state index contributed by atoms with van der Waals surface area (Å²) >= 11 is 6.07. The molecule has 0 unspecified atom stereocenters. The fraction of sp³-hybridized carbons (Fsp3) is 0.167. The van der Waals surface area contributed by atoms with Crippen molar-refractivity contribution in [3.05, 3.63) is 63.5 Å². The minimum Gasteiger partial charge on any atom is -0.495 e. The van der Waals surface area contributed by atoms with Crippen LogP contribution in [0.5, 0.6) is 5.75 Å². The van der Waals surface area contributed by atoms with Gasteiger partial charge in [-0.05, 0) is 30.3 Å². The summed E-state index contributed by atoms with van der Waals surface area (Å²) in [6.07, 6.45) is 1.58. The number of ether oxygens (including phenoxy) is 1. The zero-order valence-corrected chi connectivity index (χ0v) is 14.7. The Labute approximate surface area is 149 Å². The molecule has 0 saturated carbocycles. The van der Waals surface area contributed by atoms with Gasteiger partial charge in [-0.15, -0.1) is 0 Å². The molecule has 0 aliphatic rings. The number of fused-ring (bicyclic) bond motifs is 1. The smallest absolute Gasteiger partial charge is 0.273 e. The molecule has 0 aliphatic carbocycles. The molecule has 7 heteroatoms. The van der Waals surface area contributed by atoms with Gasteiger partial charge in [0.1, 0.15) is 11.3 Å². The predicted octanol–water partition coefficient (Wildman–Crippen LogP) is 2.75. The van der Waals surface area contributed by atoms with Crippen molar-refractivity contribution in [2.45, 2.75) is 0 Å². The van der Waals surface area contributed by atoms with Crippen LogP contribution < -0.4 is 10.3 Å². The quantitative estimate of drug-likeness (QED) is 0.723. The molecule has 1 aromatic carbocycles. The molecule has 1 amide bonds. The first kappa shape index (κ1) is 17.0. The van der Waals surface area contributed by atoms with Crippen LogP contribution in [-0.4, -0.2) is 41.6 Å². The molecular weight excluding hydrogens is 342 g/mol. The summed E-state index contributed by atoms with van der Waals surface area (Å²) < 4.78 is 6.77. The summed E-state index contributed by atoms with van der Waals surface area (Å²) in [6, 6.07) is 10.3. The Bertz CT molecular complexity index is 1030. The third-order valence-corrected chi connectivity index (χ3v) is 4.01. The van der Waals surface area contributed by atoms with Crippen molar-refractivity contribution in [1.29, 1.82) is 0 Å². The number of methoxy groups -OCH3 is 1. The van der Waals surface area contributed by atoms with Crippen molar-refractivity contribution < 1.29 is 9.53 Å². The van der Waals surface area contributed by atoms with E-state index in [0.717, 1.165) is 0 Å². The van der Waals surface area contributed by atoms with E-state index in [-0.39, 0.29) is 11.3 Å². The van der Waals surface area contributed by atoms with E-state index in [1.807, 2.05) is 0 Å². The normalized spacial score (nSPS) is 10.7. The molecule has 128 valence electrons. The van der Waals surface area contributed by atoms with Crippen LogP contribution in [-0.2, 0) is 0 Å². The summed E-state index contributed by atoms with van der Waals surface area (Å²) in [5.74, 6) is -0.228. The van der Waals surface area contributed by atoms with E-state index in [2.05, 4.69) is 4.98 Å². The number of aromatic nitrogens is 2. The van der Waals surface area contributed by atoms with Gasteiger partial charge < -0.3 is 9.64 Å². The van der Waals surface area contributed by atoms with Crippen LogP contribution in [0.25, 0.3) is 16.7 Å². The molecule has 0 fully saturated rings. The van der Waals surface area contributed by atoms with Gasteiger partial charge in [-0.25, -0.2) is 4.98 Å². The van der Waals surface area contributed by atoms with Crippen molar-refractivity contribution in [3.8, 4) is 11.4 Å². The van der Waals surface area contributed by atoms with Gasteiger partial charge in [0, 0.05) is 25.3 Å².